The van der Waals surface area contributed by atoms with Gasteiger partial charge in [0, 0.05) is 25.3 Å². The minimum atomic E-state index is 0.474. The monoisotopic (exact) mass is 286 g/mol. The SMILES string of the molecule is Cc1cc(Cl)nn2cc(-c3ccc(N(C)C)cc3)nc12. The molecule has 0 aliphatic heterocycles. The second kappa shape index (κ2) is 4.80. The molecule has 3 aromatic rings. The Labute approximate surface area is 122 Å². The summed E-state index contributed by atoms with van der Waals surface area (Å²) >= 11 is 5.97. The van der Waals surface area contributed by atoms with Crippen molar-refractivity contribution in [3.8, 4) is 11.3 Å². The molecule has 0 spiro atoms. The van der Waals surface area contributed by atoms with Gasteiger partial charge < -0.3 is 4.90 Å². The molecule has 1 aromatic carbocycles. The highest BCUT2D eigenvalue weighted by Crippen LogP contribution is 2.23. The summed E-state index contributed by atoms with van der Waals surface area (Å²) < 4.78 is 1.73. The highest BCUT2D eigenvalue weighted by atomic mass is 35.5. The van der Waals surface area contributed by atoms with E-state index in [1.807, 2.05) is 33.3 Å². The molecule has 0 saturated carbocycles. The van der Waals surface area contributed by atoms with Gasteiger partial charge in [-0.25, -0.2) is 9.50 Å². The zero-order chi connectivity index (χ0) is 14.3. The molecule has 0 unspecified atom stereocenters. The van der Waals surface area contributed by atoms with Crippen molar-refractivity contribution in [3.63, 3.8) is 0 Å². The van der Waals surface area contributed by atoms with Crippen LogP contribution in [0, 0.1) is 6.92 Å². The van der Waals surface area contributed by atoms with Crippen LogP contribution in [0.4, 0.5) is 5.69 Å². The van der Waals surface area contributed by atoms with Crippen LogP contribution in [0.3, 0.4) is 0 Å². The van der Waals surface area contributed by atoms with E-state index in [-0.39, 0.29) is 0 Å². The number of hydrogen-bond donors (Lipinski definition) is 0. The predicted molar refractivity (Wildman–Crippen MR) is 82.5 cm³/mol. The molecule has 0 amide bonds. The lowest BCUT2D eigenvalue weighted by molar-refractivity contribution is 0.928. The molecule has 0 aliphatic rings. The lowest BCUT2D eigenvalue weighted by atomic mass is 10.1. The fourth-order valence-corrected chi connectivity index (χ4v) is 2.41. The van der Waals surface area contributed by atoms with Crippen LogP contribution >= 0.6 is 11.6 Å². The number of anilines is 1. The standard InChI is InChI=1S/C15H15ClN4/c1-10-8-14(16)18-20-9-13(17-15(10)20)11-4-6-12(7-5-11)19(2)3/h4-9H,1-3H3. The Bertz CT molecular complexity index is 759. The van der Waals surface area contributed by atoms with Crippen molar-refractivity contribution in [3.05, 3.63) is 47.2 Å². The van der Waals surface area contributed by atoms with Crippen LogP contribution in [0.15, 0.2) is 36.5 Å². The van der Waals surface area contributed by atoms with Crippen LogP contribution in [0.25, 0.3) is 16.9 Å². The molecule has 0 atom stereocenters. The first kappa shape index (κ1) is 12.9. The van der Waals surface area contributed by atoms with Gasteiger partial charge in [-0.15, -0.1) is 0 Å². The van der Waals surface area contributed by atoms with Gasteiger partial charge in [-0.3, -0.25) is 0 Å². The Morgan fingerprint density at radius 3 is 2.50 bits per heavy atom. The molecule has 0 radical (unpaired) electrons. The topological polar surface area (TPSA) is 33.4 Å². The summed E-state index contributed by atoms with van der Waals surface area (Å²) in [5, 5.41) is 4.71. The maximum Gasteiger partial charge on any atom is 0.157 e. The van der Waals surface area contributed by atoms with Gasteiger partial charge in [-0.05, 0) is 30.7 Å². The lowest BCUT2D eigenvalue weighted by Gasteiger charge is -2.11. The van der Waals surface area contributed by atoms with Gasteiger partial charge >= 0.3 is 0 Å². The zero-order valence-electron chi connectivity index (χ0n) is 11.6. The van der Waals surface area contributed by atoms with E-state index in [0.29, 0.717) is 5.15 Å². The molecule has 20 heavy (non-hydrogen) atoms. The molecule has 2 aromatic heterocycles. The third kappa shape index (κ3) is 2.23. The fourth-order valence-electron chi connectivity index (χ4n) is 2.16. The summed E-state index contributed by atoms with van der Waals surface area (Å²) in [6, 6.07) is 10.1. The van der Waals surface area contributed by atoms with Crippen molar-refractivity contribution in [2.24, 2.45) is 0 Å². The predicted octanol–water partition coefficient (Wildman–Crippen LogP) is 3.42. The van der Waals surface area contributed by atoms with Crippen molar-refractivity contribution in [2.75, 3.05) is 19.0 Å². The number of hydrogen-bond acceptors (Lipinski definition) is 3. The van der Waals surface area contributed by atoms with E-state index in [2.05, 4.69) is 39.2 Å². The van der Waals surface area contributed by atoms with E-state index >= 15 is 0 Å². The van der Waals surface area contributed by atoms with Crippen molar-refractivity contribution in [1.82, 2.24) is 14.6 Å². The van der Waals surface area contributed by atoms with Crippen LogP contribution in [0.5, 0.6) is 0 Å². The molecular formula is C15H15ClN4. The summed E-state index contributed by atoms with van der Waals surface area (Å²) in [5.41, 5.74) is 4.97. The molecule has 2 heterocycles. The van der Waals surface area contributed by atoms with Crippen LogP contribution in [-0.4, -0.2) is 28.7 Å². The first-order valence-electron chi connectivity index (χ1n) is 6.35. The summed E-state index contributed by atoms with van der Waals surface area (Å²) in [6.07, 6.45) is 1.90. The molecule has 0 saturated heterocycles. The van der Waals surface area contributed by atoms with Crippen LogP contribution in [0.2, 0.25) is 5.15 Å². The van der Waals surface area contributed by atoms with Gasteiger partial charge in [0.1, 0.15) is 5.15 Å². The summed E-state index contributed by atoms with van der Waals surface area (Å²) in [4.78, 5) is 6.69. The summed E-state index contributed by atoms with van der Waals surface area (Å²) in [5.74, 6) is 0. The van der Waals surface area contributed by atoms with E-state index in [4.69, 9.17) is 11.6 Å². The van der Waals surface area contributed by atoms with Gasteiger partial charge in [0.15, 0.2) is 5.65 Å². The van der Waals surface area contributed by atoms with Crippen molar-refractivity contribution in [1.29, 1.82) is 0 Å². The maximum absolute atomic E-state index is 5.97. The molecule has 4 nitrogen and oxygen atoms in total. The summed E-state index contributed by atoms with van der Waals surface area (Å²) in [6.45, 7) is 1.98. The quantitative estimate of drug-likeness (QED) is 0.724. The smallest absolute Gasteiger partial charge is 0.157 e. The van der Waals surface area contributed by atoms with Crippen LogP contribution < -0.4 is 4.90 Å². The van der Waals surface area contributed by atoms with Crippen molar-refractivity contribution >= 4 is 22.9 Å². The molecule has 5 heteroatoms. The number of nitrogens with zero attached hydrogens (tertiary/aromatic N) is 4. The number of imidazole rings is 1. The van der Waals surface area contributed by atoms with E-state index in [9.17, 15) is 0 Å². The largest absolute Gasteiger partial charge is 0.378 e. The Hall–Kier alpha value is -2.07. The summed E-state index contributed by atoms with van der Waals surface area (Å²) in [7, 11) is 4.05. The van der Waals surface area contributed by atoms with E-state index in [0.717, 1.165) is 28.2 Å². The normalized spacial score (nSPS) is 11.0. The number of aryl methyl sites for hydroxylation is 1. The highest BCUT2D eigenvalue weighted by molar-refractivity contribution is 6.29. The minimum Gasteiger partial charge on any atom is -0.378 e. The molecule has 3 rings (SSSR count). The second-order valence-electron chi connectivity index (χ2n) is 4.99. The van der Waals surface area contributed by atoms with Crippen LogP contribution in [-0.2, 0) is 0 Å². The number of rotatable bonds is 2. The van der Waals surface area contributed by atoms with Gasteiger partial charge in [0.25, 0.3) is 0 Å². The zero-order valence-corrected chi connectivity index (χ0v) is 12.4. The van der Waals surface area contributed by atoms with Crippen molar-refractivity contribution < 1.29 is 0 Å². The second-order valence-corrected chi connectivity index (χ2v) is 5.37. The third-order valence-corrected chi connectivity index (χ3v) is 3.44. The van der Waals surface area contributed by atoms with Gasteiger partial charge in [-0.2, -0.15) is 5.10 Å². The minimum absolute atomic E-state index is 0.474. The Balaban J connectivity index is 2.08. The van der Waals surface area contributed by atoms with Crippen molar-refractivity contribution in [2.45, 2.75) is 6.92 Å². The third-order valence-electron chi connectivity index (χ3n) is 3.26. The average molecular weight is 287 g/mol. The molecule has 0 N–H and O–H groups in total. The Morgan fingerprint density at radius 2 is 1.85 bits per heavy atom. The van der Waals surface area contributed by atoms with Gasteiger partial charge in [0.05, 0.1) is 11.9 Å². The average Bonchev–Trinajstić information content (AvgIpc) is 2.83. The van der Waals surface area contributed by atoms with Gasteiger partial charge in [0.2, 0.25) is 0 Å². The first-order valence-corrected chi connectivity index (χ1v) is 6.72. The first-order chi connectivity index (χ1) is 9.54. The van der Waals surface area contributed by atoms with E-state index in [1.54, 1.807) is 4.52 Å². The maximum atomic E-state index is 5.97. The lowest BCUT2D eigenvalue weighted by Crippen LogP contribution is -2.07. The number of halogens is 1. The van der Waals surface area contributed by atoms with E-state index < -0.39 is 0 Å². The Morgan fingerprint density at radius 1 is 1.15 bits per heavy atom. The molecule has 0 bridgehead atoms. The van der Waals surface area contributed by atoms with Crippen LogP contribution in [0.1, 0.15) is 5.56 Å². The Kier molecular flexibility index (Phi) is 3.10. The molecule has 102 valence electrons. The molecular weight excluding hydrogens is 272 g/mol. The number of fused-ring (bicyclic) bond motifs is 1. The molecule has 0 aliphatic carbocycles. The number of benzene rings is 1. The fraction of sp³-hybridized carbons (Fsp3) is 0.200. The van der Waals surface area contributed by atoms with E-state index in [1.165, 1.54) is 0 Å². The highest BCUT2D eigenvalue weighted by Gasteiger charge is 2.08. The van der Waals surface area contributed by atoms with Gasteiger partial charge in [-0.1, -0.05) is 23.7 Å². The molecule has 0 fully saturated rings. The number of aromatic nitrogens is 3.